The van der Waals surface area contributed by atoms with Gasteiger partial charge in [0.15, 0.2) is 34.3 Å². The fraction of sp³-hybridized carbons (Fsp3) is 0.419. The lowest BCUT2D eigenvalue weighted by Gasteiger charge is -2.39. The second-order valence-corrected chi connectivity index (χ2v) is 45.2. The predicted octanol–water partition coefficient (Wildman–Crippen LogP) is 37.6. The number of fused-ring (bicyclic) bond motifs is 11. The molecule has 16 rings (SSSR count). The standard InChI is InChI=1S/C124H136N4O6S6/c1-8-12-16-20-24-28-32-36-40-44-52-85-60-68-90(69-61-85)123(91-70-62-86(63-71-91)53-45-41-37-33-29-25-21-17-13-9-2)102-80-107(117-105(131-6)78-94(135-117)76-100-109(89(82-125)83-126)96-56-48-50-58-98(96)111(100)129)137-115(102)119-113(133-123)121-122(139-119)114-120(140-121)116-103(81-108(138-116)118-106(132-7)79-95(136-118)77-101-110(104(84-127)128-5)97-57-49-51-59-99(97)112(101)130)124(134-114,92-72-64-87(65-73-92)54-46-42-38-34-30-26-22-18-14-10-3)93-74-66-88(67-75-93)55-47-43-39-35-31-27-23-19-15-11-4/h48-51,56-81H,8-47,52-55H2,1-4,6-7H3/b100-76+,101-77+,110-104-. The summed E-state index contributed by atoms with van der Waals surface area (Å²) < 4.78 is 32.0. The summed E-state index contributed by atoms with van der Waals surface area (Å²) in [6.45, 7) is 17.3. The number of nitriles is 3. The number of ketones is 2. The first kappa shape index (κ1) is 102. The van der Waals surface area contributed by atoms with Crippen molar-refractivity contribution in [3.8, 4) is 80.2 Å². The van der Waals surface area contributed by atoms with Gasteiger partial charge in [-0.1, -0.05) is 404 Å². The van der Waals surface area contributed by atoms with Gasteiger partial charge < -0.3 is 18.9 Å². The third-order valence-electron chi connectivity index (χ3n) is 29.0. The highest BCUT2D eigenvalue weighted by molar-refractivity contribution is 7.36. The summed E-state index contributed by atoms with van der Waals surface area (Å²) in [5.74, 6) is 2.36. The van der Waals surface area contributed by atoms with Crippen LogP contribution in [0.2, 0.25) is 0 Å². The molecule has 0 atom stereocenters. The largest absolute Gasteiger partial charge is 0.495 e. The van der Waals surface area contributed by atoms with Crippen LogP contribution in [0.15, 0.2) is 192 Å². The van der Waals surface area contributed by atoms with Crippen molar-refractivity contribution in [3.05, 3.63) is 291 Å². The molecule has 12 aromatic rings. The lowest BCUT2D eigenvalue weighted by atomic mass is 9.78. The number of Topliss-reactive ketones (excluding diaryl/α,β-unsaturated/α-hetero) is 2. The van der Waals surface area contributed by atoms with E-state index in [1.54, 1.807) is 71.7 Å². The molecule has 16 heteroatoms. The lowest BCUT2D eigenvalue weighted by molar-refractivity contribution is 0.103. The Morgan fingerprint density at radius 2 is 0.629 bits per heavy atom. The van der Waals surface area contributed by atoms with Crippen LogP contribution < -0.4 is 18.9 Å². The number of carbonyl (C=O) groups is 2. The summed E-state index contributed by atoms with van der Waals surface area (Å²) in [5.41, 5.74) is 11.9. The van der Waals surface area contributed by atoms with E-state index in [0.717, 1.165) is 154 Å². The molecule has 0 fully saturated rings. The van der Waals surface area contributed by atoms with Crippen LogP contribution in [0.1, 0.15) is 382 Å². The second-order valence-electron chi connectivity index (χ2n) is 38.8. The number of hydrogen-bond donors (Lipinski definition) is 0. The van der Waals surface area contributed by atoms with Crippen molar-refractivity contribution in [2.24, 2.45) is 0 Å². The topological polar surface area (TPSA) is 147 Å². The van der Waals surface area contributed by atoms with Crippen molar-refractivity contribution in [1.29, 1.82) is 15.8 Å². The maximum Gasteiger partial charge on any atom is 0.270 e. The molecule has 6 aromatic heterocycles. The number of aryl methyl sites for hydroxylation is 4. The van der Waals surface area contributed by atoms with Gasteiger partial charge in [0, 0.05) is 86.3 Å². The minimum absolute atomic E-state index is 0.116. The quantitative estimate of drug-likeness (QED) is 0.0157. The molecule has 0 radical (unpaired) electrons. The minimum atomic E-state index is -1.22. The van der Waals surface area contributed by atoms with Crippen molar-refractivity contribution < 1.29 is 28.5 Å². The normalized spacial score (nSPS) is 14.5. The van der Waals surface area contributed by atoms with Gasteiger partial charge in [0.25, 0.3) is 5.70 Å². The maximum absolute atomic E-state index is 14.7. The van der Waals surface area contributed by atoms with Crippen molar-refractivity contribution in [2.75, 3.05) is 14.2 Å². The molecule has 140 heavy (non-hydrogen) atoms. The first-order valence-corrected chi connectivity index (χ1v) is 57.6. The summed E-state index contributed by atoms with van der Waals surface area (Å²) in [6.07, 6.45) is 58.5. The van der Waals surface area contributed by atoms with E-state index >= 15 is 0 Å². The first-order valence-electron chi connectivity index (χ1n) is 52.7. The van der Waals surface area contributed by atoms with E-state index in [-0.39, 0.29) is 22.8 Å². The Labute approximate surface area is 856 Å². The number of rotatable bonds is 54. The molecule has 2 aliphatic carbocycles. The van der Waals surface area contributed by atoms with Gasteiger partial charge >= 0.3 is 0 Å². The Hall–Kier alpha value is -10.8. The van der Waals surface area contributed by atoms with Gasteiger partial charge in [-0.25, -0.2) is 10.1 Å². The highest BCUT2D eigenvalue weighted by Gasteiger charge is 2.52. The fourth-order valence-corrected chi connectivity index (χ4v) is 28.9. The monoisotopic (exact) mass is 1970 g/mol. The highest BCUT2D eigenvalue weighted by Crippen LogP contribution is 2.68. The molecular formula is C124H136N4O6S6. The van der Waals surface area contributed by atoms with E-state index in [1.165, 1.54) is 276 Å². The summed E-state index contributed by atoms with van der Waals surface area (Å²) in [4.78, 5) is 42.3. The van der Waals surface area contributed by atoms with Gasteiger partial charge in [0.2, 0.25) is 0 Å². The summed E-state index contributed by atoms with van der Waals surface area (Å²) in [6, 6.07) is 67.1. The average Bonchev–Trinajstić information content (AvgIpc) is 1.51. The summed E-state index contributed by atoms with van der Waals surface area (Å²) in [5, 5.41) is 31.5. The summed E-state index contributed by atoms with van der Waals surface area (Å²) in [7, 11) is 3.40. The number of methoxy groups -OCH3 is 2. The second kappa shape index (κ2) is 50.3. The number of thiophene rings is 6. The predicted molar refractivity (Wildman–Crippen MR) is 590 cm³/mol. The summed E-state index contributed by atoms with van der Waals surface area (Å²) >= 11 is 9.98. The number of carbonyl (C=O) groups excluding carboxylic acids is 2. The lowest BCUT2D eigenvalue weighted by Crippen LogP contribution is -2.37. The van der Waals surface area contributed by atoms with Crippen molar-refractivity contribution in [2.45, 2.75) is 321 Å². The maximum atomic E-state index is 14.7. The Bertz CT molecular complexity index is 6020. The zero-order valence-electron chi connectivity index (χ0n) is 83.1. The molecule has 8 heterocycles. The van der Waals surface area contributed by atoms with Gasteiger partial charge in [-0.3, -0.25) is 9.59 Å². The molecule has 0 spiro atoms. The number of ether oxygens (including phenoxy) is 4. The molecule has 2 aliphatic heterocycles. The van der Waals surface area contributed by atoms with Gasteiger partial charge in [0.05, 0.1) is 65.5 Å². The van der Waals surface area contributed by atoms with Gasteiger partial charge in [-0.15, -0.1) is 68.0 Å². The molecule has 0 bridgehead atoms. The molecule has 0 amide bonds. The van der Waals surface area contributed by atoms with Crippen LogP contribution in [0, 0.1) is 40.6 Å². The van der Waals surface area contributed by atoms with Crippen molar-refractivity contribution in [3.63, 3.8) is 0 Å². The third kappa shape index (κ3) is 23.0. The SMILES string of the molecule is [C-]#[N+]/C(C#N)=C1\C(=C/c2cc(OC)c(-c3cc4c(s3)-c3sc5c6c(sc5c3OC4(c3ccc(CCCCCCCCCCCC)cc3)c3ccc(CCCCCCCCCCCC)cc3)-c3sc(-c4sc(/C=C5/C(=O)c7ccccc7C5=C(C#N)C#N)cc4OC)cc3C(c3ccc(CCCCCCCCCCCC)cc3)(c3ccc(CCCCCCCCCCCC)cc3)O6)s2)C(=O)c2ccccc21. The van der Waals surface area contributed by atoms with Crippen molar-refractivity contribution in [1.82, 2.24) is 0 Å². The zero-order chi connectivity index (χ0) is 97.2. The number of allylic oxidation sites excluding steroid dienone is 6. The Morgan fingerprint density at radius 3 is 0.914 bits per heavy atom. The smallest absolute Gasteiger partial charge is 0.270 e. The Balaban J connectivity index is 0.861. The van der Waals surface area contributed by atoms with E-state index in [4.69, 9.17) is 25.5 Å². The van der Waals surface area contributed by atoms with Crippen LogP contribution >= 0.6 is 68.0 Å². The van der Waals surface area contributed by atoms with Crippen LogP contribution in [-0.4, -0.2) is 25.8 Å². The Kier molecular flexibility index (Phi) is 36.7. The van der Waals surface area contributed by atoms with E-state index in [9.17, 15) is 25.4 Å². The first-order chi connectivity index (χ1) is 68.9. The minimum Gasteiger partial charge on any atom is -0.495 e. The molecule has 0 saturated carbocycles. The molecule has 6 aromatic carbocycles. The van der Waals surface area contributed by atoms with E-state index in [1.807, 2.05) is 60.7 Å². The van der Waals surface area contributed by atoms with Crippen molar-refractivity contribution >= 4 is 112 Å². The van der Waals surface area contributed by atoms with Gasteiger partial charge in [-0.2, -0.15) is 10.5 Å². The highest BCUT2D eigenvalue weighted by atomic mass is 32.1. The molecular weight excluding hydrogens is 1830 g/mol. The van der Waals surface area contributed by atoms with E-state index in [2.05, 4.69) is 160 Å². The van der Waals surface area contributed by atoms with Crippen LogP contribution in [0.3, 0.4) is 0 Å². The van der Waals surface area contributed by atoms with E-state index in [0.29, 0.717) is 56.0 Å². The fourth-order valence-electron chi connectivity index (χ4n) is 21.3. The molecule has 724 valence electrons. The van der Waals surface area contributed by atoms with Crippen LogP contribution in [-0.2, 0) is 36.9 Å². The molecule has 4 aliphatic rings. The van der Waals surface area contributed by atoms with E-state index < -0.39 is 11.2 Å². The molecule has 0 N–H and O–H groups in total. The molecule has 0 saturated heterocycles. The van der Waals surface area contributed by atoms with Crippen LogP contribution in [0.5, 0.6) is 23.0 Å². The third-order valence-corrected chi connectivity index (χ3v) is 36.6. The zero-order valence-corrected chi connectivity index (χ0v) is 88.0. The van der Waals surface area contributed by atoms with Gasteiger partial charge in [-0.05, 0) is 121 Å². The molecule has 10 nitrogen and oxygen atoms in total. The molecule has 0 unspecified atom stereocenters. The number of unbranched alkanes of at least 4 members (excludes halogenated alkanes) is 36. The van der Waals surface area contributed by atoms with Crippen LogP contribution in [0.25, 0.3) is 76.6 Å². The average molecular weight is 1970 g/mol. The Morgan fingerprint density at radius 1 is 0.343 bits per heavy atom. The van der Waals surface area contributed by atoms with Gasteiger partial charge in [0.1, 0.15) is 29.2 Å². The number of nitrogens with zero attached hydrogens (tertiary/aromatic N) is 4. The number of benzene rings is 6. The van der Waals surface area contributed by atoms with Crippen LogP contribution in [0.4, 0.5) is 0 Å². The number of hydrogen-bond acceptors (Lipinski definition) is 15.